The van der Waals surface area contributed by atoms with E-state index in [2.05, 4.69) is 4.99 Å². The van der Waals surface area contributed by atoms with Crippen LogP contribution < -0.4 is 0 Å². The van der Waals surface area contributed by atoms with Gasteiger partial charge in [0.2, 0.25) is 11.7 Å². The van der Waals surface area contributed by atoms with Crippen LogP contribution in [-0.2, 0) is 19.0 Å². The standard InChI is InChI=1S/C8H17NO4Si/c1-11-8(12-2,13-3)14-6-4-5-9-7-10/h4-6,14H2,1-3H3. The van der Waals surface area contributed by atoms with Crippen molar-refractivity contribution in [2.75, 3.05) is 27.9 Å². The second kappa shape index (κ2) is 7.84. The van der Waals surface area contributed by atoms with E-state index in [4.69, 9.17) is 14.2 Å². The molecule has 0 saturated heterocycles. The zero-order chi connectivity index (χ0) is 10.9. The highest BCUT2D eigenvalue weighted by molar-refractivity contribution is 6.38. The molecule has 0 bridgehead atoms. The fourth-order valence-electron chi connectivity index (χ4n) is 1.13. The van der Waals surface area contributed by atoms with Crippen molar-refractivity contribution in [3.8, 4) is 0 Å². The van der Waals surface area contributed by atoms with Crippen LogP contribution in [0, 0.1) is 0 Å². The Morgan fingerprint density at radius 2 is 1.86 bits per heavy atom. The third-order valence-corrected chi connectivity index (χ3v) is 4.33. The maximum Gasteiger partial charge on any atom is 0.248 e. The molecule has 0 fully saturated rings. The van der Waals surface area contributed by atoms with Gasteiger partial charge in [-0.25, -0.2) is 9.79 Å². The number of methoxy groups -OCH3 is 3. The van der Waals surface area contributed by atoms with Gasteiger partial charge in [0.05, 0.1) is 6.54 Å². The molecule has 0 heterocycles. The zero-order valence-corrected chi connectivity index (χ0v) is 10.3. The Morgan fingerprint density at radius 3 is 2.29 bits per heavy atom. The molecule has 0 atom stereocenters. The highest BCUT2D eigenvalue weighted by atomic mass is 28.2. The van der Waals surface area contributed by atoms with Gasteiger partial charge in [-0.15, -0.1) is 0 Å². The molecule has 0 aliphatic heterocycles. The highest BCUT2D eigenvalue weighted by Crippen LogP contribution is 2.12. The Kier molecular flexibility index (Phi) is 7.55. The Hall–Kier alpha value is -0.523. The van der Waals surface area contributed by atoms with E-state index in [0.717, 1.165) is 12.5 Å². The van der Waals surface area contributed by atoms with Crippen LogP contribution in [0.15, 0.2) is 4.99 Å². The first-order valence-corrected chi connectivity index (χ1v) is 6.14. The van der Waals surface area contributed by atoms with Crippen LogP contribution in [0.5, 0.6) is 0 Å². The van der Waals surface area contributed by atoms with Crippen molar-refractivity contribution in [2.24, 2.45) is 4.99 Å². The topological polar surface area (TPSA) is 57.1 Å². The number of hydrogen-bond acceptors (Lipinski definition) is 5. The number of isocyanates is 1. The van der Waals surface area contributed by atoms with E-state index in [0.29, 0.717) is 6.54 Å². The third-order valence-electron chi connectivity index (χ3n) is 2.00. The first kappa shape index (κ1) is 13.5. The van der Waals surface area contributed by atoms with Crippen LogP contribution in [0.1, 0.15) is 6.42 Å². The lowest BCUT2D eigenvalue weighted by atomic mass is 10.5. The molecular formula is C8H17NO4Si. The van der Waals surface area contributed by atoms with Gasteiger partial charge in [0.15, 0.2) is 0 Å². The molecule has 0 spiro atoms. The van der Waals surface area contributed by atoms with Crippen LogP contribution in [0.25, 0.3) is 0 Å². The van der Waals surface area contributed by atoms with Gasteiger partial charge in [-0.05, 0) is 6.42 Å². The molecule has 5 nitrogen and oxygen atoms in total. The fourth-order valence-corrected chi connectivity index (χ4v) is 2.65. The molecule has 0 N–H and O–H groups in total. The summed E-state index contributed by atoms with van der Waals surface area (Å²) in [6.07, 6.45) is 2.35. The Morgan fingerprint density at radius 1 is 1.29 bits per heavy atom. The molecule has 0 saturated carbocycles. The monoisotopic (exact) mass is 219 g/mol. The maximum atomic E-state index is 9.78. The fraction of sp³-hybridized carbons (Fsp3) is 0.875. The van der Waals surface area contributed by atoms with Crippen LogP contribution in [0.4, 0.5) is 0 Å². The molecule has 0 aliphatic carbocycles. The lowest BCUT2D eigenvalue weighted by Crippen LogP contribution is -2.42. The van der Waals surface area contributed by atoms with E-state index < -0.39 is 15.1 Å². The van der Waals surface area contributed by atoms with E-state index in [9.17, 15) is 4.79 Å². The summed E-state index contributed by atoms with van der Waals surface area (Å²) in [6, 6.07) is 0.945. The normalized spacial score (nSPS) is 11.9. The predicted molar refractivity (Wildman–Crippen MR) is 54.7 cm³/mol. The quantitative estimate of drug-likeness (QED) is 0.187. The van der Waals surface area contributed by atoms with E-state index in [1.807, 2.05) is 0 Å². The Labute approximate surface area is 86.3 Å². The van der Waals surface area contributed by atoms with Crippen LogP contribution in [0.2, 0.25) is 6.04 Å². The Balaban J connectivity index is 3.76. The molecule has 0 aromatic rings. The average molecular weight is 219 g/mol. The van der Waals surface area contributed by atoms with E-state index >= 15 is 0 Å². The number of carbonyl (C=O) groups excluding carboxylic acids is 1. The van der Waals surface area contributed by atoms with Crippen molar-refractivity contribution in [3.05, 3.63) is 0 Å². The lowest BCUT2D eigenvalue weighted by Gasteiger charge is -2.28. The number of rotatable bonds is 8. The third kappa shape index (κ3) is 4.64. The summed E-state index contributed by atoms with van der Waals surface area (Å²) in [7, 11) is 4.01. The van der Waals surface area contributed by atoms with Crippen LogP contribution >= 0.6 is 0 Å². The molecule has 0 aliphatic rings. The molecule has 14 heavy (non-hydrogen) atoms. The minimum atomic E-state index is -0.828. The van der Waals surface area contributed by atoms with Gasteiger partial charge in [0.25, 0.3) is 0 Å². The summed E-state index contributed by atoms with van der Waals surface area (Å²) < 4.78 is 15.5. The summed E-state index contributed by atoms with van der Waals surface area (Å²) in [4.78, 5) is 13.2. The molecule has 0 aromatic heterocycles. The summed E-state index contributed by atoms with van der Waals surface area (Å²) in [6.45, 7) is 0.518. The largest absolute Gasteiger partial charge is 0.335 e. The maximum absolute atomic E-state index is 9.78. The van der Waals surface area contributed by atoms with Gasteiger partial charge < -0.3 is 14.2 Å². The number of nitrogens with zero attached hydrogens (tertiary/aromatic N) is 1. The predicted octanol–water partition coefficient (Wildman–Crippen LogP) is -0.150. The van der Waals surface area contributed by atoms with Gasteiger partial charge in [0.1, 0.15) is 9.52 Å². The Bertz CT molecular complexity index is 182. The highest BCUT2D eigenvalue weighted by Gasteiger charge is 2.28. The van der Waals surface area contributed by atoms with E-state index in [1.165, 1.54) is 6.08 Å². The average Bonchev–Trinajstić information content (AvgIpc) is 2.24. The molecule has 0 aromatic carbocycles. The van der Waals surface area contributed by atoms with Gasteiger partial charge >= 0.3 is 0 Å². The van der Waals surface area contributed by atoms with Gasteiger partial charge in [0, 0.05) is 21.3 Å². The second-order valence-corrected chi connectivity index (χ2v) is 4.80. The van der Waals surface area contributed by atoms with Crippen LogP contribution in [0.3, 0.4) is 0 Å². The van der Waals surface area contributed by atoms with Crippen molar-refractivity contribution in [1.82, 2.24) is 0 Å². The number of ether oxygens (including phenoxy) is 3. The SMILES string of the molecule is COC(OC)(OC)[SiH2]CCCN=C=O. The zero-order valence-electron chi connectivity index (χ0n) is 8.91. The molecule has 0 unspecified atom stereocenters. The molecular weight excluding hydrogens is 202 g/mol. The van der Waals surface area contributed by atoms with Crippen molar-refractivity contribution >= 4 is 15.6 Å². The van der Waals surface area contributed by atoms with Crippen LogP contribution in [-0.4, -0.2) is 49.1 Å². The molecule has 82 valence electrons. The summed E-state index contributed by atoms with van der Waals surface area (Å²) in [5.41, 5.74) is -0.828. The number of aliphatic imine (C=N–C) groups is 1. The minimum absolute atomic E-state index is 0.518. The van der Waals surface area contributed by atoms with Crippen molar-refractivity contribution < 1.29 is 19.0 Å². The lowest BCUT2D eigenvalue weighted by molar-refractivity contribution is -0.294. The number of hydrogen-bond donors (Lipinski definition) is 0. The second-order valence-electron chi connectivity index (χ2n) is 2.73. The van der Waals surface area contributed by atoms with Gasteiger partial charge in [-0.1, -0.05) is 6.04 Å². The smallest absolute Gasteiger partial charge is 0.248 e. The molecule has 6 heteroatoms. The first-order chi connectivity index (χ1) is 6.74. The molecule has 0 rings (SSSR count). The van der Waals surface area contributed by atoms with E-state index in [1.54, 1.807) is 21.3 Å². The van der Waals surface area contributed by atoms with Crippen molar-refractivity contribution in [3.63, 3.8) is 0 Å². The van der Waals surface area contributed by atoms with E-state index in [-0.39, 0.29) is 0 Å². The molecule has 0 radical (unpaired) electrons. The minimum Gasteiger partial charge on any atom is -0.335 e. The molecule has 0 amide bonds. The van der Waals surface area contributed by atoms with Crippen molar-refractivity contribution in [1.29, 1.82) is 0 Å². The van der Waals surface area contributed by atoms with Gasteiger partial charge in [-0.2, -0.15) is 0 Å². The van der Waals surface area contributed by atoms with Gasteiger partial charge in [-0.3, -0.25) is 0 Å². The summed E-state index contributed by atoms with van der Waals surface area (Å²) in [5.74, 6) is 0. The first-order valence-electron chi connectivity index (χ1n) is 4.43. The van der Waals surface area contributed by atoms with Crippen molar-refractivity contribution in [2.45, 2.75) is 18.1 Å². The summed E-state index contributed by atoms with van der Waals surface area (Å²) in [5, 5.41) is 0. The summed E-state index contributed by atoms with van der Waals surface area (Å²) >= 11 is 0.